The maximum atomic E-state index is 3.96. The number of benzene rings is 11. The largest absolute Gasteiger partial charge is 0.353 e. The van der Waals surface area contributed by atoms with Gasteiger partial charge in [-0.05, 0) is 121 Å². The van der Waals surface area contributed by atoms with Crippen LogP contribution in [0.2, 0.25) is 0 Å². The molecule has 0 bridgehead atoms. The maximum absolute atomic E-state index is 3.96. The van der Waals surface area contributed by atoms with E-state index in [1.165, 1.54) is 11.1 Å². The average Bonchev–Trinajstić information content (AvgIpc) is 3.94. The standard InChI is InChI=1S/C68H52N6/c1-45-21-19-31-51(41-45)71-65-53(47-23-7-3-8-24-47)37-39-61(67(65)69-49-27-11-5-12-28-49)73-59-35-17-15-33-55(59)57-44-64-58(43-63(57)73)56-34-16-18-36-60(56)74(64)62-40-38-54(48-25-9-4-10-26-48)66(72-52-32-20-22-46(2)42-52)68(62)70-50-29-13-6-14-30-50/h3-44,69-72H,1-2H3. The molecule has 0 fully saturated rings. The van der Waals surface area contributed by atoms with E-state index in [0.29, 0.717) is 0 Å². The van der Waals surface area contributed by atoms with Gasteiger partial charge in [0, 0.05) is 55.4 Å². The van der Waals surface area contributed by atoms with Crippen LogP contribution in [0.15, 0.2) is 255 Å². The topological polar surface area (TPSA) is 58.0 Å². The molecule has 0 atom stereocenters. The van der Waals surface area contributed by atoms with Crippen LogP contribution in [0.4, 0.5) is 45.5 Å². The maximum Gasteiger partial charge on any atom is 0.0874 e. The Morgan fingerprint density at radius 2 is 0.608 bits per heavy atom. The number of aromatic nitrogens is 2. The Kier molecular flexibility index (Phi) is 11.2. The van der Waals surface area contributed by atoms with Crippen LogP contribution < -0.4 is 21.3 Å². The molecule has 0 aliphatic rings. The third-order valence-electron chi connectivity index (χ3n) is 14.1. The normalized spacial score (nSPS) is 11.4. The molecule has 13 rings (SSSR count). The summed E-state index contributed by atoms with van der Waals surface area (Å²) >= 11 is 0. The van der Waals surface area contributed by atoms with E-state index >= 15 is 0 Å². The van der Waals surface area contributed by atoms with E-state index < -0.39 is 0 Å². The number of fused-ring (bicyclic) bond motifs is 6. The van der Waals surface area contributed by atoms with Gasteiger partial charge in [-0.15, -0.1) is 0 Å². The zero-order valence-corrected chi connectivity index (χ0v) is 41.1. The van der Waals surface area contributed by atoms with Crippen LogP contribution in [0.1, 0.15) is 11.1 Å². The first-order valence-corrected chi connectivity index (χ1v) is 25.3. The van der Waals surface area contributed by atoms with Gasteiger partial charge in [0.25, 0.3) is 0 Å². The third-order valence-corrected chi connectivity index (χ3v) is 14.1. The van der Waals surface area contributed by atoms with E-state index in [-0.39, 0.29) is 0 Å². The van der Waals surface area contributed by atoms with Gasteiger partial charge < -0.3 is 30.4 Å². The van der Waals surface area contributed by atoms with Crippen molar-refractivity contribution >= 4 is 89.1 Å². The Morgan fingerprint density at radius 3 is 1.01 bits per heavy atom. The van der Waals surface area contributed by atoms with Gasteiger partial charge in [-0.25, -0.2) is 0 Å². The van der Waals surface area contributed by atoms with Crippen molar-refractivity contribution in [3.63, 3.8) is 0 Å². The molecule has 0 amide bonds. The molecule has 0 radical (unpaired) electrons. The van der Waals surface area contributed by atoms with Crippen molar-refractivity contribution in [1.29, 1.82) is 0 Å². The minimum atomic E-state index is 0.966. The number of para-hydroxylation sites is 4. The van der Waals surface area contributed by atoms with E-state index in [2.05, 4.69) is 299 Å². The fourth-order valence-corrected chi connectivity index (χ4v) is 10.8. The highest BCUT2D eigenvalue weighted by Crippen LogP contribution is 2.48. The smallest absolute Gasteiger partial charge is 0.0874 e. The van der Waals surface area contributed by atoms with Gasteiger partial charge in [0.1, 0.15) is 0 Å². The van der Waals surface area contributed by atoms with E-state index in [9.17, 15) is 0 Å². The summed E-state index contributed by atoms with van der Waals surface area (Å²) in [5, 5.41) is 20.4. The lowest BCUT2D eigenvalue weighted by atomic mass is 10.00. The van der Waals surface area contributed by atoms with Crippen LogP contribution in [-0.2, 0) is 0 Å². The van der Waals surface area contributed by atoms with Crippen molar-refractivity contribution in [3.05, 3.63) is 266 Å². The van der Waals surface area contributed by atoms with Gasteiger partial charge in [-0.1, -0.05) is 170 Å². The summed E-state index contributed by atoms with van der Waals surface area (Å²) in [6, 6.07) is 91.2. The Morgan fingerprint density at radius 1 is 0.257 bits per heavy atom. The molecule has 6 heteroatoms. The van der Waals surface area contributed by atoms with Gasteiger partial charge in [0.05, 0.1) is 56.2 Å². The van der Waals surface area contributed by atoms with Crippen molar-refractivity contribution < 1.29 is 0 Å². The van der Waals surface area contributed by atoms with Gasteiger partial charge in [0.15, 0.2) is 0 Å². The minimum Gasteiger partial charge on any atom is -0.353 e. The molecule has 6 nitrogen and oxygen atoms in total. The molecule has 11 aromatic carbocycles. The van der Waals surface area contributed by atoms with E-state index in [1.54, 1.807) is 0 Å². The summed E-state index contributed by atoms with van der Waals surface area (Å²) in [7, 11) is 0. The van der Waals surface area contributed by atoms with Crippen molar-refractivity contribution in [2.24, 2.45) is 0 Å². The molecular weight excluding hydrogens is 901 g/mol. The molecule has 0 saturated heterocycles. The zero-order valence-electron chi connectivity index (χ0n) is 41.1. The van der Waals surface area contributed by atoms with E-state index in [0.717, 1.165) is 123 Å². The predicted octanol–water partition coefficient (Wildman–Crippen LogP) is 18.8. The van der Waals surface area contributed by atoms with Gasteiger partial charge in [-0.3, -0.25) is 0 Å². The first-order chi connectivity index (χ1) is 36.5. The molecule has 4 N–H and O–H groups in total. The molecular formula is C68H52N6. The Labute approximate surface area is 430 Å². The fourth-order valence-electron chi connectivity index (χ4n) is 10.8. The van der Waals surface area contributed by atoms with Crippen molar-refractivity contribution in [2.75, 3.05) is 21.3 Å². The Bertz CT molecular complexity index is 3920. The van der Waals surface area contributed by atoms with E-state index in [1.807, 2.05) is 0 Å². The molecule has 0 unspecified atom stereocenters. The number of anilines is 8. The van der Waals surface area contributed by atoms with E-state index in [4.69, 9.17) is 0 Å². The zero-order chi connectivity index (χ0) is 49.5. The molecule has 74 heavy (non-hydrogen) atoms. The molecule has 2 heterocycles. The van der Waals surface area contributed by atoms with Gasteiger partial charge in [0.2, 0.25) is 0 Å². The highest BCUT2D eigenvalue weighted by molar-refractivity contribution is 6.20. The first-order valence-electron chi connectivity index (χ1n) is 25.3. The summed E-state index contributed by atoms with van der Waals surface area (Å²) in [6.45, 7) is 4.28. The van der Waals surface area contributed by atoms with Crippen LogP contribution >= 0.6 is 0 Å². The first kappa shape index (κ1) is 44.2. The summed E-state index contributed by atoms with van der Waals surface area (Å²) in [5.74, 6) is 0. The molecule has 2 aromatic heterocycles. The lowest BCUT2D eigenvalue weighted by Crippen LogP contribution is -2.06. The summed E-state index contributed by atoms with van der Waals surface area (Å²) in [6.07, 6.45) is 0. The Hall–Kier alpha value is -9.78. The van der Waals surface area contributed by atoms with Crippen molar-refractivity contribution in [3.8, 4) is 33.6 Å². The lowest BCUT2D eigenvalue weighted by Gasteiger charge is -2.23. The van der Waals surface area contributed by atoms with Crippen LogP contribution in [-0.4, -0.2) is 9.13 Å². The summed E-state index contributed by atoms with van der Waals surface area (Å²) in [5.41, 5.74) is 21.2. The lowest BCUT2D eigenvalue weighted by molar-refractivity contribution is 1.17. The Balaban J connectivity index is 1.10. The number of hydrogen-bond acceptors (Lipinski definition) is 4. The number of aryl methyl sites for hydroxylation is 2. The molecule has 0 aliphatic carbocycles. The molecule has 0 aliphatic heterocycles. The second kappa shape index (κ2) is 18.8. The second-order valence-electron chi connectivity index (χ2n) is 19.1. The van der Waals surface area contributed by atoms with Crippen molar-refractivity contribution in [2.45, 2.75) is 13.8 Å². The highest BCUT2D eigenvalue weighted by Gasteiger charge is 2.25. The monoisotopic (exact) mass is 952 g/mol. The third kappa shape index (κ3) is 8.05. The SMILES string of the molecule is Cc1cccc(Nc2c(-c3ccccc3)ccc(-n3c4ccccc4c4cc5c(cc43)c3ccccc3n5-c3ccc(-c4ccccc4)c(Nc4cccc(C)c4)c3Nc3ccccc3)c2Nc2ccccc2)c1. The summed E-state index contributed by atoms with van der Waals surface area (Å²) < 4.78 is 4.91. The molecule has 354 valence electrons. The fraction of sp³-hybridized carbons (Fsp3) is 0.0294. The van der Waals surface area contributed by atoms with Gasteiger partial charge >= 0.3 is 0 Å². The molecule has 0 spiro atoms. The average molecular weight is 953 g/mol. The van der Waals surface area contributed by atoms with Crippen LogP contribution in [0.25, 0.3) is 77.2 Å². The number of rotatable bonds is 12. The second-order valence-corrected chi connectivity index (χ2v) is 19.1. The van der Waals surface area contributed by atoms with Crippen molar-refractivity contribution in [1.82, 2.24) is 9.13 Å². The quantitative estimate of drug-likeness (QED) is 0.0986. The van der Waals surface area contributed by atoms with Crippen LogP contribution in [0, 0.1) is 13.8 Å². The van der Waals surface area contributed by atoms with Gasteiger partial charge in [-0.2, -0.15) is 0 Å². The number of nitrogens with one attached hydrogen (secondary N) is 4. The minimum absolute atomic E-state index is 0.966. The molecule has 13 aromatic rings. The highest BCUT2D eigenvalue weighted by atomic mass is 15.1. The predicted molar refractivity (Wildman–Crippen MR) is 314 cm³/mol. The summed E-state index contributed by atoms with van der Waals surface area (Å²) in [4.78, 5) is 0. The van der Waals surface area contributed by atoms with Crippen LogP contribution in [0.5, 0.6) is 0 Å². The number of nitrogens with zero attached hydrogens (tertiary/aromatic N) is 2. The van der Waals surface area contributed by atoms with Crippen LogP contribution in [0.3, 0.4) is 0 Å². The molecule has 0 saturated carbocycles. The number of hydrogen-bond donors (Lipinski definition) is 4.